The number of nitrogens with one attached hydrogen (secondary N) is 1. The lowest BCUT2D eigenvalue weighted by Crippen LogP contribution is -2.24. The summed E-state index contributed by atoms with van der Waals surface area (Å²) in [5.74, 6) is 0.441. The molecule has 0 saturated carbocycles. The first-order valence-electron chi connectivity index (χ1n) is 8.73. The Labute approximate surface area is 172 Å². The number of benzene rings is 2. The molecule has 26 heavy (non-hydrogen) atoms. The summed E-state index contributed by atoms with van der Waals surface area (Å²) in [5, 5.41) is 4.43. The zero-order chi connectivity index (χ0) is 17.6. The van der Waals surface area contributed by atoms with E-state index in [0.717, 1.165) is 35.0 Å². The molecule has 0 fully saturated rings. The van der Waals surface area contributed by atoms with Crippen LogP contribution in [0.15, 0.2) is 59.7 Å². The first kappa shape index (κ1) is 20.2. The van der Waals surface area contributed by atoms with Crippen LogP contribution < -0.4 is 11.1 Å². The summed E-state index contributed by atoms with van der Waals surface area (Å²) in [4.78, 5) is 8.93. The number of para-hydroxylation sites is 2. The SMILES string of the molecule is CCc1cccc(CC)c1NC(N)=NCc1ccnc2ccccc12.I. The molecule has 0 aliphatic carbocycles. The number of nitrogens with two attached hydrogens (primary N) is 1. The molecule has 0 spiro atoms. The molecule has 0 atom stereocenters. The number of aryl methyl sites for hydroxylation is 2. The molecule has 0 saturated heterocycles. The maximum atomic E-state index is 6.17. The lowest BCUT2D eigenvalue weighted by Gasteiger charge is -2.15. The van der Waals surface area contributed by atoms with Crippen molar-refractivity contribution in [1.82, 2.24) is 4.98 Å². The van der Waals surface area contributed by atoms with Crippen LogP contribution >= 0.6 is 24.0 Å². The van der Waals surface area contributed by atoms with Gasteiger partial charge in [0.2, 0.25) is 0 Å². The van der Waals surface area contributed by atoms with Crippen molar-refractivity contribution in [2.75, 3.05) is 5.32 Å². The summed E-state index contributed by atoms with van der Waals surface area (Å²) in [6, 6.07) is 16.4. The van der Waals surface area contributed by atoms with Crippen molar-refractivity contribution in [1.29, 1.82) is 0 Å². The Morgan fingerprint density at radius 1 is 0.962 bits per heavy atom. The fourth-order valence-electron chi connectivity index (χ4n) is 3.03. The fraction of sp³-hybridized carbons (Fsp3) is 0.238. The smallest absolute Gasteiger partial charge is 0.193 e. The van der Waals surface area contributed by atoms with Crippen LogP contribution in [-0.4, -0.2) is 10.9 Å². The van der Waals surface area contributed by atoms with Gasteiger partial charge < -0.3 is 11.1 Å². The minimum absolute atomic E-state index is 0. The molecule has 3 aromatic rings. The molecule has 2 aromatic carbocycles. The second-order valence-electron chi connectivity index (χ2n) is 5.97. The van der Waals surface area contributed by atoms with Gasteiger partial charge in [-0.2, -0.15) is 0 Å². The molecule has 0 amide bonds. The second-order valence-corrected chi connectivity index (χ2v) is 5.97. The van der Waals surface area contributed by atoms with Crippen molar-refractivity contribution in [3.05, 3.63) is 71.4 Å². The second kappa shape index (κ2) is 9.52. The number of guanidine groups is 1. The zero-order valence-corrected chi connectivity index (χ0v) is 17.5. The number of aliphatic imine (C=N–C) groups is 1. The van der Waals surface area contributed by atoms with Crippen molar-refractivity contribution in [3.8, 4) is 0 Å². The Kier molecular flexibility index (Phi) is 7.38. The maximum absolute atomic E-state index is 6.17. The largest absolute Gasteiger partial charge is 0.370 e. The van der Waals surface area contributed by atoms with E-state index < -0.39 is 0 Å². The Hall–Kier alpha value is -2.15. The van der Waals surface area contributed by atoms with Gasteiger partial charge in [-0.3, -0.25) is 4.98 Å². The maximum Gasteiger partial charge on any atom is 0.193 e. The number of aromatic nitrogens is 1. The highest BCUT2D eigenvalue weighted by atomic mass is 127. The van der Waals surface area contributed by atoms with Gasteiger partial charge >= 0.3 is 0 Å². The van der Waals surface area contributed by atoms with Gasteiger partial charge in [0.05, 0.1) is 12.1 Å². The highest BCUT2D eigenvalue weighted by molar-refractivity contribution is 14.0. The third-order valence-corrected chi connectivity index (χ3v) is 4.41. The van der Waals surface area contributed by atoms with Gasteiger partial charge in [0.25, 0.3) is 0 Å². The average molecular weight is 460 g/mol. The van der Waals surface area contributed by atoms with Gasteiger partial charge in [-0.15, -0.1) is 24.0 Å². The van der Waals surface area contributed by atoms with E-state index in [0.29, 0.717) is 12.5 Å². The topological polar surface area (TPSA) is 63.3 Å². The number of nitrogens with zero attached hydrogens (tertiary/aromatic N) is 2. The first-order chi connectivity index (χ1) is 12.2. The predicted molar refractivity (Wildman–Crippen MR) is 121 cm³/mol. The van der Waals surface area contributed by atoms with E-state index in [4.69, 9.17) is 5.73 Å². The Bertz CT molecular complexity index is 878. The van der Waals surface area contributed by atoms with Gasteiger partial charge in [-0.1, -0.05) is 50.2 Å². The molecule has 1 heterocycles. The number of halogens is 1. The normalized spacial score (nSPS) is 11.2. The van der Waals surface area contributed by atoms with Crippen molar-refractivity contribution < 1.29 is 0 Å². The van der Waals surface area contributed by atoms with E-state index in [1.54, 1.807) is 0 Å². The lowest BCUT2D eigenvalue weighted by atomic mass is 10.0. The highest BCUT2D eigenvalue weighted by Crippen LogP contribution is 2.22. The van der Waals surface area contributed by atoms with Crippen LogP contribution in [0.1, 0.15) is 30.5 Å². The fourth-order valence-corrected chi connectivity index (χ4v) is 3.03. The number of rotatable bonds is 5. The molecule has 0 unspecified atom stereocenters. The minimum Gasteiger partial charge on any atom is -0.370 e. The molecule has 0 aliphatic rings. The minimum atomic E-state index is 0. The van der Waals surface area contributed by atoms with Crippen molar-refractivity contribution >= 4 is 46.5 Å². The number of pyridine rings is 1. The monoisotopic (exact) mass is 460 g/mol. The van der Waals surface area contributed by atoms with Gasteiger partial charge in [0.1, 0.15) is 0 Å². The standard InChI is InChI=1S/C21H24N4.HI/c1-3-15-8-7-9-16(4-2)20(15)25-21(22)24-14-17-12-13-23-19-11-6-5-10-18(17)19;/h5-13H,3-4,14H2,1-2H3,(H3,22,24,25);1H. The summed E-state index contributed by atoms with van der Waals surface area (Å²) in [5.41, 5.74) is 11.9. The van der Waals surface area contributed by atoms with E-state index in [1.807, 2.05) is 30.5 Å². The van der Waals surface area contributed by atoms with Crippen LogP contribution in [0.4, 0.5) is 5.69 Å². The van der Waals surface area contributed by atoms with Gasteiger partial charge in [-0.25, -0.2) is 4.99 Å². The molecule has 5 heteroatoms. The Morgan fingerprint density at radius 3 is 2.35 bits per heavy atom. The third kappa shape index (κ3) is 4.52. The van der Waals surface area contributed by atoms with Crippen LogP contribution in [0.3, 0.4) is 0 Å². The highest BCUT2D eigenvalue weighted by Gasteiger charge is 2.07. The molecule has 136 valence electrons. The lowest BCUT2D eigenvalue weighted by molar-refractivity contribution is 1.06. The molecular formula is C21H25IN4. The molecule has 1 aromatic heterocycles. The number of hydrogen-bond acceptors (Lipinski definition) is 2. The molecule has 0 aliphatic heterocycles. The van der Waals surface area contributed by atoms with Gasteiger partial charge in [0.15, 0.2) is 5.96 Å². The summed E-state index contributed by atoms with van der Waals surface area (Å²) >= 11 is 0. The van der Waals surface area contributed by atoms with Gasteiger partial charge in [-0.05, 0) is 41.7 Å². The molecule has 4 nitrogen and oxygen atoms in total. The molecule has 3 N–H and O–H groups in total. The van der Waals surface area contributed by atoms with E-state index >= 15 is 0 Å². The molecular weight excluding hydrogens is 435 g/mol. The van der Waals surface area contributed by atoms with Crippen LogP contribution in [0.2, 0.25) is 0 Å². The summed E-state index contributed by atoms with van der Waals surface area (Å²) < 4.78 is 0. The number of fused-ring (bicyclic) bond motifs is 1. The van der Waals surface area contributed by atoms with E-state index in [9.17, 15) is 0 Å². The zero-order valence-electron chi connectivity index (χ0n) is 15.2. The predicted octanol–water partition coefficient (Wildman–Crippen LogP) is 4.90. The number of hydrogen-bond donors (Lipinski definition) is 2. The summed E-state index contributed by atoms with van der Waals surface area (Å²) in [7, 11) is 0. The van der Waals surface area contributed by atoms with E-state index in [-0.39, 0.29) is 24.0 Å². The summed E-state index contributed by atoms with van der Waals surface area (Å²) in [6.45, 7) is 4.82. The first-order valence-corrected chi connectivity index (χ1v) is 8.73. The number of anilines is 1. The third-order valence-electron chi connectivity index (χ3n) is 4.41. The van der Waals surface area contributed by atoms with Crippen molar-refractivity contribution in [2.24, 2.45) is 10.7 Å². The molecule has 3 rings (SSSR count). The quantitative estimate of drug-likeness (QED) is 0.323. The van der Waals surface area contributed by atoms with Gasteiger partial charge in [0, 0.05) is 17.3 Å². The van der Waals surface area contributed by atoms with Crippen LogP contribution in [0.25, 0.3) is 10.9 Å². The van der Waals surface area contributed by atoms with E-state index in [1.165, 1.54) is 11.1 Å². The van der Waals surface area contributed by atoms with Crippen LogP contribution in [0.5, 0.6) is 0 Å². The average Bonchev–Trinajstić information content (AvgIpc) is 2.66. The Balaban J connectivity index is 0.00000243. The van der Waals surface area contributed by atoms with Crippen LogP contribution in [-0.2, 0) is 19.4 Å². The van der Waals surface area contributed by atoms with Crippen LogP contribution in [0, 0.1) is 0 Å². The van der Waals surface area contributed by atoms with Crippen molar-refractivity contribution in [2.45, 2.75) is 33.2 Å². The van der Waals surface area contributed by atoms with Crippen molar-refractivity contribution in [3.63, 3.8) is 0 Å². The summed E-state index contributed by atoms with van der Waals surface area (Å²) in [6.07, 6.45) is 3.73. The molecule has 0 bridgehead atoms. The molecule has 0 radical (unpaired) electrons. The Morgan fingerprint density at radius 2 is 1.65 bits per heavy atom. The van der Waals surface area contributed by atoms with E-state index in [2.05, 4.69) is 53.4 Å².